The van der Waals surface area contributed by atoms with Gasteiger partial charge in [0.15, 0.2) is 0 Å². The lowest BCUT2D eigenvalue weighted by Gasteiger charge is -2.12. The fourth-order valence-electron chi connectivity index (χ4n) is 2.19. The number of amides is 1. The van der Waals surface area contributed by atoms with E-state index in [4.69, 9.17) is 4.52 Å². The van der Waals surface area contributed by atoms with Crippen LogP contribution in [0.25, 0.3) is 11.1 Å². The maximum absolute atomic E-state index is 12.5. The largest absolute Gasteiger partial charge is 0.338 e. The van der Waals surface area contributed by atoms with E-state index in [9.17, 15) is 4.79 Å². The summed E-state index contributed by atoms with van der Waals surface area (Å²) in [7, 11) is 0. The molecule has 0 aliphatic carbocycles. The number of hydrogen-bond acceptors (Lipinski definition) is 4. The molecule has 1 N–H and O–H groups in total. The molecule has 0 aliphatic heterocycles. The summed E-state index contributed by atoms with van der Waals surface area (Å²) in [6.07, 6.45) is 0. The molecule has 23 heavy (non-hydrogen) atoms. The van der Waals surface area contributed by atoms with Crippen molar-refractivity contribution in [2.75, 3.05) is 5.32 Å². The Morgan fingerprint density at radius 1 is 1.17 bits per heavy atom. The first-order chi connectivity index (χ1) is 10.9. The van der Waals surface area contributed by atoms with Crippen LogP contribution >= 0.6 is 11.3 Å². The van der Waals surface area contributed by atoms with Gasteiger partial charge in [0.25, 0.3) is 5.91 Å². The minimum Gasteiger partial charge on any atom is -0.338 e. The van der Waals surface area contributed by atoms with Crippen LogP contribution in [-0.4, -0.2) is 11.1 Å². The summed E-state index contributed by atoms with van der Waals surface area (Å²) < 4.78 is 5.23. The minimum atomic E-state index is -0.185. The SMILES string of the molecule is CC(C)(C)c1cc(NC(=O)c2sccc2-c2ccccc2)on1. The fourth-order valence-corrected chi connectivity index (χ4v) is 3.00. The first-order valence-electron chi connectivity index (χ1n) is 7.36. The number of anilines is 1. The monoisotopic (exact) mass is 326 g/mol. The maximum Gasteiger partial charge on any atom is 0.268 e. The van der Waals surface area contributed by atoms with E-state index in [1.54, 1.807) is 6.07 Å². The van der Waals surface area contributed by atoms with Gasteiger partial charge in [-0.3, -0.25) is 10.1 Å². The van der Waals surface area contributed by atoms with Crippen LogP contribution in [0.2, 0.25) is 0 Å². The Hall–Kier alpha value is -2.40. The molecule has 4 nitrogen and oxygen atoms in total. The summed E-state index contributed by atoms with van der Waals surface area (Å²) in [6.45, 7) is 6.13. The van der Waals surface area contributed by atoms with Gasteiger partial charge < -0.3 is 4.52 Å². The van der Waals surface area contributed by atoms with Crippen molar-refractivity contribution in [1.29, 1.82) is 0 Å². The van der Waals surface area contributed by atoms with Crippen molar-refractivity contribution < 1.29 is 9.32 Å². The lowest BCUT2D eigenvalue weighted by molar-refractivity contribution is 0.102. The predicted molar refractivity (Wildman–Crippen MR) is 92.9 cm³/mol. The molecule has 5 heteroatoms. The summed E-state index contributed by atoms with van der Waals surface area (Å²) >= 11 is 1.41. The molecule has 2 heterocycles. The van der Waals surface area contributed by atoms with Crippen LogP contribution in [0.4, 0.5) is 5.88 Å². The highest BCUT2D eigenvalue weighted by atomic mass is 32.1. The molecule has 0 radical (unpaired) electrons. The number of benzene rings is 1. The number of thiophene rings is 1. The summed E-state index contributed by atoms with van der Waals surface area (Å²) in [6, 6.07) is 13.6. The molecule has 0 saturated carbocycles. The van der Waals surface area contributed by atoms with E-state index >= 15 is 0 Å². The van der Waals surface area contributed by atoms with Crippen molar-refractivity contribution >= 4 is 23.1 Å². The Morgan fingerprint density at radius 3 is 2.57 bits per heavy atom. The average Bonchev–Trinajstić information content (AvgIpc) is 3.16. The number of hydrogen-bond donors (Lipinski definition) is 1. The van der Waals surface area contributed by atoms with Gasteiger partial charge in [0.05, 0.1) is 5.69 Å². The van der Waals surface area contributed by atoms with Crippen LogP contribution < -0.4 is 5.32 Å². The second kappa shape index (κ2) is 6.01. The number of nitrogens with one attached hydrogen (secondary N) is 1. The third-order valence-corrected chi connectivity index (χ3v) is 4.38. The van der Waals surface area contributed by atoms with Gasteiger partial charge in [0.1, 0.15) is 4.88 Å². The number of carbonyl (C=O) groups excluding carboxylic acids is 1. The summed E-state index contributed by atoms with van der Waals surface area (Å²) in [5.74, 6) is 0.183. The van der Waals surface area contributed by atoms with Crippen LogP contribution in [0.15, 0.2) is 52.4 Å². The lowest BCUT2D eigenvalue weighted by atomic mass is 9.92. The second-order valence-electron chi connectivity index (χ2n) is 6.31. The van der Waals surface area contributed by atoms with Crippen molar-refractivity contribution in [3.8, 4) is 11.1 Å². The Bertz CT molecular complexity index is 813. The quantitative estimate of drug-likeness (QED) is 0.740. The Morgan fingerprint density at radius 2 is 1.91 bits per heavy atom. The molecule has 0 unspecified atom stereocenters. The zero-order valence-corrected chi connectivity index (χ0v) is 14.1. The van der Waals surface area contributed by atoms with Crippen LogP contribution in [0.3, 0.4) is 0 Å². The van der Waals surface area contributed by atoms with Crippen molar-refractivity contribution in [3.63, 3.8) is 0 Å². The first-order valence-corrected chi connectivity index (χ1v) is 8.24. The van der Waals surface area contributed by atoms with Gasteiger partial charge in [0.2, 0.25) is 5.88 Å². The first kappa shape index (κ1) is 15.5. The highest BCUT2D eigenvalue weighted by Gasteiger charge is 2.21. The molecule has 0 atom stereocenters. The van der Waals surface area contributed by atoms with E-state index in [1.807, 2.05) is 62.5 Å². The Balaban J connectivity index is 1.83. The van der Waals surface area contributed by atoms with Crippen molar-refractivity contribution in [3.05, 3.63) is 58.4 Å². The number of carbonyl (C=O) groups is 1. The maximum atomic E-state index is 12.5. The van der Waals surface area contributed by atoms with E-state index in [0.29, 0.717) is 10.8 Å². The van der Waals surface area contributed by atoms with E-state index in [-0.39, 0.29) is 11.3 Å². The van der Waals surface area contributed by atoms with Crippen molar-refractivity contribution in [1.82, 2.24) is 5.16 Å². The standard InChI is InChI=1S/C18H18N2O2S/c1-18(2,3)14-11-15(22-20-14)19-17(21)16-13(9-10-23-16)12-7-5-4-6-8-12/h4-11H,1-3H3,(H,19,21). The molecular weight excluding hydrogens is 308 g/mol. The molecule has 3 aromatic rings. The van der Waals surface area contributed by atoms with Crippen molar-refractivity contribution in [2.24, 2.45) is 0 Å². The molecule has 1 amide bonds. The highest BCUT2D eigenvalue weighted by molar-refractivity contribution is 7.12. The van der Waals surface area contributed by atoms with Crippen LogP contribution in [0, 0.1) is 0 Å². The smallest absolute Gasteiger partial charge is 0.268 e. The molecule has 0 bridgehead atoms. The van der Waals surface area contributed by atoms with Gasteiger partial charge in [-0.2, -0.15) is 0 Å². The van der Waals surface area contributed by atoms with Gasteiger partial charge >= 0.3 is 0 Å². The molecule has 0 fully saturated rings. The lowest BCUT2D eigenvalue weighted by Crippen LogP contribution is -2.12. The topological polar surface area (TPSA) is 55.1 Å². The molecule has 0 spiro atoms. The van der Waals surface area contributed by atoms with Crippen LogP contribution in [-0.2, 0) is 5.41 Å². The Labute approximate surface area is 139 Å². The normalized spacial score (nSPS) is 11.4. The third-order valence-electron chi connectivity index (χ3n) is 3.47. The van der Waals surface area contributed by atoms with Gasteiger partial charge in [-0.05, 0) is 17.0 Å². The molecular formula is C18H18N2O2S. The molecule has 3 rings (SSSR count). The number of nitrogens with zero attached hydrogens (tertiary/aromatic N) is 1. The van der Waals surface area contributed by atoms with Gasteiger partial charge in [-0.1, -0.05) is 56.3 Å². The van der Waals surface area contributed by atoms with E-state index < -0.39 is 0 Å². The highest BCUT2D eigenvalue weighted by Crippen LogP contribution is 2.29. The van der Waals surface area contributed by atoms with E-state index in [0.717, 1.165) is 16.8 Å². The van der Waals surface area contributed by atoms with Crippen LogP contribution in [0.1, 0.15) is 36.1 Å². The minimum absolute atomic E-state index is 0.120. The summed E-state index contributed by atoms with van der Waals surface area (Å²) in [5.41, 5.74) is 2.63. The Kier molecular flexibility index (Phi) is 4.05. The number of rotatable bonds is 3. The van der Waals surface area contributed by atoms with E-state index in [2.05, 4.69) is 10.5 Å². The van der Waals surface area contributed by atoms with Gasteiger partial charge in [-0.15, -0.1) is 11.3 Å². The predicted octanol–water partition coefficient (Wildman–Crippen LogP) is 4.95. The molecule has 2 aromatic heterocycles. The van der Waals surface area contributed by atoms with Gasteiger partial charge in [-0.25, -0.2) is 0 Å². The summed E-state index contributed by atoms with van der Waals surface area (Å²) in [5, 5.41) is 8.72. The molecule has 118 valence electrons. The van der Waals surface area contributed by atoms with E-state index in [1.165, 1.54) is 11.3 Å². The number of aromatic nitrogens is 1. The average molecular weight is 326 g/mol. The summed E-state index contributed by atoms with van der Waals surface area (Å²) in [4.78, 5) is 13.2. The van der Waals surface area contributed by atoms with Gasteiger partial charge in [0, 0.05) is 17.0 Å². The fraction of sp³-hybridized carbons (Fsp3) is 0.222. The zero-order chi connectivity index (χ0) is 16.4. The van der Waals surface area contributed by atoms with Crippen molar-refractivity contribution in [2.45, 2.75) is 26.2 Å². The molecule has 0 saturated heterocycles. The zero-order valence-electron chi connectivity index (χ0n) is 13.3. The third kappa shape index (κ3) is 3.35. The molecule has 1 aromatic carbocycles. The second-order valence-corrected chi connectivity index (χ2v) is 7.23. The van der Waals surface area contributed by atoms with Crippen LogP contribution in [0.5, 0.6) is 0 Å². The molecule has 0 aliphatic rings.